The number of aromatic amines is 2. The molecule has 8 bridgehead atoms. The molecule has 44 heavy (non-hydrogen) atoms. The van der Waals surface area contributed by atoms with E-state index in [0.717, 1.165) is 85.9 Å². The van der Waals surface area contributed by atoms with E-state index < -0.39 is 11.9 Å². The molecule has 0 saturated heterocycles. The molecule has 0 atom stereocenters. The highest BCUT2D eigenvalue weighted by atomic mass is 79.9. The summed E-state index contributed by atoms with van der Waals surface area (Å²) in [6, 6.07) is 0. The SMILES string of the molecule is CC1=C(C)c2nc1c(Br)c1[nH]c(c(C)c1C)c(Br)c1nc(c(Br)c3[nH]c(c(C)c3CCC(=O)O)c2Br)C(CCC(=O)O)=C1C. The highest BCUT2D eigenvalue weighted by molar-refractivity contribution is 9.11. The van der Waals surface area contributed by atoms with Gasteiger partial charge in [-0.25, -0.2) is 9.97 Å². The third-order valence-corrected chi connectivity index (χ3v) is 11.7. The first-order chi connectivity index (χ1) is 20.6. The van der Waals surface area contributed by atoms with Crippen LogP contribution in [-0.2, 0) is 16.0 Å². The van der Waals surface area contributed by atoms with Crippen molar-refractivity contribution >= 4 is 120 Å². The van der Waals surface area contributed by atoms with Gasteiger partial charge in [-0.1, -0.05) is 0 Å². The summed E-state index contributed by atoms with van der Waals surface area (Å²) in [6.07, 6.45) is 0.444. The van der Waals surface area contributed by atoms with E-state index in [0.29, 0.717) is 21.4 Å². The van der Waals surface area contributed by atoms with Crippen LogP contribution in [0.3, 0.4) is 0 Å². The van der Waals surface area contributed by atoms with Gasteiger partial charge in [-0.2, -0.15) is 0 Å². The minimum Gasteiger partial charge on any atom is -0.481 e. The van der Waals surface area contributed by atoms with Crippen LogP contribution in [0.5, 0.6) is 0 Å². The van der Waals surface area contributed by atoms with Crippen molar-refractivity contribution in [1.29, 1.82) is 0 Å². The van der Waals surface area contributed by atoms with Gasteiger partial charge in [0.2, 0.25) is 0 Å². The molecule has 0 saturated carbocycles. The van der Waals surface area contributed by atoms with Crippen molar-refractivity contribution in [3.63, 3.8) is 0 Å². The van der Waals surface area contributed by atoms with E-state index in [1.165, 1.54) is 0 Å². The number of carbonyl (C=O) groups is 2. The number of allylic oxidation sites excluding steroid dienone is 4. The molecule has 4 N–H and O–H groups in total. The minimum absolute atomic E-state index is 0.0562. The number of H-pyrrole nitrogens is 2. The predicted octanol–water partition coefficient (Wildman–Crippen LogP) is 10.1. The third kappa shape index (κ3) is 5.45. The van der Waals surface area contributed by atoms with Gasteiger partial charge >= 0.3 is 11.9 Å². The molecule has 0 fully saturated rings. The summed E-state index contributed by atoms with van der Waals surface area (Å²) in [4.78, 5) is 40.7. The number of hydrogen-bond acceptors (Lipinski definition) is 4. The molecule has 0 spiro atoms. The van der Waals surface area contributed by atoms with E-state index in [1.54, 1.807) is 0 Å². The maximum absolute atomic E-state index is 11.7. The average Bonchev–Trinajstić information content (AvgIpc) is 3.66. The summed E-state index contributed by atoms with van der Waals surface area (Å²) in [5, 5.41) is 19.1. The fourth-order valence-electron chi connectivity index (χ4n) is 5.76. The molecule has 5 rings (SSSR count). The second-order valence-electron chi connectivity index (χ2n) is 11.1. The summed E-state index contributed by atoms with van der Waals surface area (Å²) in [6.45, 7) is 12.1. The molecular weight excluding hydrogens is 824 g/mol. The molecule has 3 aromatic rings. The monoisotopic (exact) mass is 850 g/mol. The van der Waals surface area contributed by atoms with Crippen LogP contribution >= 0.6 is 63.7 Å². The maximum Gasteiger partial charge on any atom is 0.303 e. The molecule has 0 aromatic carbocycles. The van der Waals surface area contributed by atoms with Gasteiger partial charge in [0.25, 0.3) is 0 Å². The summed E-state index contributed by atoms with van der Waals surface area (Å²) in [5.74, 6) is -1.80. The molecule has 0 radical (unpaired) electrons. The zero-order valence-corrected chi connectivity index (χ0v) is 31.3. The number of fused-ring (bicyclic) bond motifs is 8. The Morgan fingerprint density at radius 3 is 1.45 bits per heavy atom. The minimum atomic E-state index is -0.901. The first kappa shape index (κ1) is 32.8. The maximum atomic E-state index is 11.7. The number of aryl methyl sites for hydroxylation is 4. The fourth-order valence-corrected chi connectivity index (χ4v) is 8.78. The van der Waals surface area contributed by atoms with Gasteiger partial charge in [0, 0.05) is 12.8 Å². The molecule has 0 aliphatic carbocycles. The molecule has 0 amide bonds. The third-order valence-electron chi connectivity index (χ3n) is 8.64. The molecule has 5 heterocycles. The Morgan fingerprint density at radius 2 is 0.955 bits per heavy atom. The predicted molar refractivity (Wildman–Crippen MR) is 189 cm³/mol. The van der Waals surface area contributed by atoms with Crippen LogP contribution in [0.2, 0.25) is 0 Å². The van der Waals surface area contributed by atoms with Crippen LogP contribution in [0.15, 0.2) is 17.9 Å². The Hall–Kier alpha value is -2.54. The summed E-state index contributed by atoms with van der Waals surface area (Å²) < 4.78 is 2.98. The van der Waals surface area contributed by atoms with E-state index in [4.69, 9.17) is 9.97 Å². The van der Waals surface area contributed by atoms with Crippen molar-refractivity contribution in [2.75, 3.05) is 0 Å². The number of nitrogens with one attached hydrogen (secondary N) is 2. The van der Waals surface area contributed by atoms with Crippen LogP contribution in [0.4, 0.5) is 0 Å². The van der Waals surface area contributed by atoms with Crippen LogP contribution in [0.25, 0.3) is 44.4 Å². The second kappa shape index (κ2) is 12.3. The van der Waals surface area contributed by atoms with Crippen molar-refractivity contribution in [1.82, 2.24) is 19.9 Å². The number of carboxylic acid groups (broad SMARTS) is 2. The Bertz CT molecular complexity index is 2040. The number of halogens is 4. The largest absolute Gasteiger partial charge is 0.481 e. The fraction of sp³-hybridized carbons (Fsp3) is 0.312. The van der Waals surface area contributed by atoms with Gasteiger partial charge in [0.05, 0.1) is 62.7 Å². The van der Waals surface area contributed by atoms with E-state index in [2.05, 4.69) is 94.5 Å². The van der Waals surface area contributed by atoms with Crippen LogP contribution in [0, 0.1) is 20.8 Å². The zero-order chi connectivity index (χ0) is 32.4. The number of nitrogens with zero attached hydrogens (tertiary/aromatic N) is 2. The van der Waals surface area contributed by atoms with Gasteiger partial charge in [-0.3, -0.25) is 9.59 Å². The van der Waals surface area contributed by atoms with Gasteiger partial charge in [0.15, 0.2) is 0 Å². The first-order valence-electron chi connectivity index (χ1n) is 13.9. The van der Waals surface area contributed by atoms with Crippen LogP contribution < -0.4 is 0 Å². The Labute approximate surface area is 288 Å². The van der Waals surface area contributed by atoms with E-state index in [-0.39, 0.29) is 25.7 Å². The summed E-state index contributed by atoms with van der Waals surface area (Å²) in [5.41, 5.74) is 13.7. The normalized spacial score (nSPS) is 13.3. The second-order valence-corrected chi connectivity index (χ2v) is 14.3. The number of hydrogen-bond donors (Lipinski definition) is 4. The Balaban J connectivity index is 2.06. The van der Waals surface area contributed by atoms with Crippen molar-refractivity contribution in [2.24, 2.45) is 0 Å². The number of carboxylic acids is 2. The van der Waals surface area contributed by atoms with Gasteiger partial charge in [-0.15, -0.1) is 0 Å². The molecule has 2 aliphatic rings. The summed E-state index contributed by atoms with van der Waals surface area (Å²) >= 11 is 15.4. The standard InChI is InChI=1S/C32H30Br4N4O4/c1-11-13(3)27-22(34)29-15(5)17(7-9-19(41)42)31(39-29)24(36)32-18(8-10-20(43)44)16(6)30(40-32)23(35)28-14(4)12(2)26(38-28)21(33)25(11)37-27/h37,40H,7-10H2,1-6H3,(H,41,42)(H,43,44). The van der Waals surface area contributed by atoms with Crippen LogP contribution in [-0.4, -0.2) is 42.1 Å². The quantitative estimate of drug-likeness (QED) is 0.195. The molecule has 230 valence electrons. The molecule has 2 aliphatic heterocycles. The van der Waals surface area contributed by atoms with Crippen LogP contribution in [0.1, 0.15) is 85.1 Å². The lowest BCUT2D eigenvalue weighted by atomic mass is 10.00. The lowest BCUT2D eigenvalue weighted by molar-refractivity contribution is -0.137. The van der Waals surface area contributed by atoms with Crippen molar-refractivity contribution < 1.29 is 19.8 Å². The number of rotatable bonds is 6. The van der Waals surface area contributed by atoms with Gasteiger partial charge in [0.1, 0.15) is 0 Å². The van der Waals surface area contributed by atoms with E-state index in [9.17, 15) is 19.8 Å². The van der Waals surface area contributed by atoms with Crippen molar-refractivity contribution in [3.8, 4) is 0 Å². The van der Waals surface area contributed by atoms with Crippen molar-refractivity contribution in [3.05, 3.63) is 62.9 Å². The molecule has 0 unspecified atom stereocenters. The van der Waals surface area contributed by atoms with E-state index >= 15 is 0 Å². The van der Waals surface area contributed by atoms with Gasteiger partial charge < -0.3 is 20.2 Å². The summed E-state index contributed by atoms with van der Waals surface area (Å²) in [7, 11) is 0. The topological polar surface area (TPSA) is 132 Å². The smallest absolute Gasteiger partial charge is 0.303 e. The molecule has 3 aromatic heterocycles. The lowest BCUT2D eigenvalue weighted by Gasteiger charge is -2.06. The van der Waals surface area contributed by atoms with E-state index in [1.807, 2.05) is 20.8 Å². The number of aliphatic carboxylic acids is 2. The Morgan fingerprint density at radius 1 is 0.568 bits per heavy atom. The lowest BCUT2D eigenvalue weighted by Crippen LogP contribution is -1.99. The molecule has 8 nitrogen and oxygen atoms in total. The molecule has 12 heteroatoms. The first-order valence-corrected chi connectivity index (χ1v) is 17.1. The number of aromatic nitrogens is 4. The highest BCUT2D eigenvalue weighted by Gasteiger charge is 2.27. The zero-order valence-electron chi connectivity index (χ0n) is 24.9. The highest BCUT2D eigenvalue weighted by Crippen LogP contribution is 2.45. The molecular formula is C32H30Br4N4O4. The Kier molecular flexibility index (Phi) is 9.21. The average molecular weight is 854 g/mol. The van der Waals surface area contributed by atoms with Crippen molar-refractivity contribution in [2.45, 2.75) is 67.2 Å². The van der Waals surface area contributed by atoms with Gasteiger partial charge in [-0.05, 0) is 163 Å².